The normalized spacial score (nSPS) is 10.8. The number of carbonyl (C=O) groups excluding carboxylic acids is 1. The number of rotatable bonds is 9. The molecule has 0 fully saturated rings. The SMILES string of the molecule is CCc1ccc(CCc2cc3cc(OC)c(OC)cc3n(CC(=O)Nc3ccccc3)c2=O)cc1. The Hall–Kier alpha value is -4.06. The largest absolute Gasteiger partial charge is 0.493 e. The molecule has 1 N–H and O–H groups in total. The summed E-state index contributed by atoms with van der Waals surface area (Å²) in [5, 5.41) is 3.68. The number of nitrogens with one attached hydrogen (secondary N) is 1. The van der Waals surface area contributed by atoms with Crippen molar-refractivity contribution in [2.24, 2.45) is 0 Å². The molecule has 0 saturated carbocycles. The second-order valence-corrected chi connectivity index (χ2v) is 8.41. The number of aryl methyl sites for hydroxylation is 3. The van der Waals surface area contributed by atoms with Crippen LogP contribution >= 0.6 is 0 Å². The fourth-order valence-corrected chi connectivity index (χ4v) is 4.19. The molecule has 0 bridgehead atoms. The van der Waals surface area contributed by atoms with E-state index in [4.69, 9.17) is 9.47 Å². The lowest BCUT2D eigenvalue weighted by atomic mass is 10.0. The predicted octanol–water partition coefficient (Wildman–Crippen LogP) is 5.01. The summed E-state index contributed by atoms with van der Waals surface area (Å²) in [5.41, 5.74) is 4.22. The summed E-state index contributed by atoms with van der Waals surface area (Å²) in [6, 6.07) is 23.2. The van der Waals surface area contributed by atoms with Gasteiger partial charge in [0, 0.05) is 22.7 Å². The Kier molecular flexibility index (Phi) is 7.51. The highest BCUT2D eigenvalue weighted by Gasteiger charge is 2.16. The molecule has 1 heterocycles. The van der Waals surface area contributed by atoms with Crippen molar-refractivity contribution in [3.63, 3.8) is 0 Å². The molecule has 0 unspecified atom stereocenters. The molecule has 1 amide bonds. The van der Waals surface area contributed by atoms with Crippen molar-refractivity contribution in [3.8, 4) is 11.5 Å². The van der Waals surface area contributed by atoms with Crippen molar-refractivity contribution in [1.82, 2.24) is 4.57 Å². The molecule has 0 aliphatic carbocycles. The van der Waals surface area contributed by atoms with E-state index < -0.39 is 0 Å². The van der Waals surface area contributed by atoms with Crippen molar-refractivity contribution in [2.45, 2.75) is 32.7 Å². The molecule has 0 spiro atoms. The number of ether oxygens (including phenoxy) is 2. The van der Waals surface area contributed by atoms with Crippen LogP contribution in [0, 0.1) is 0 Å². The molecule has 0 atom stereocenters. The van der Waals surface area contributed by atoms with E-state index in [9.17, 15) is 9.59 Å². The number of amides is 1. The summed E-state index contributed by atoms with van der Waals surface area (Å²) in [6.07, 6.45) is 2.29. The quantitative estimate of drug-likeness (QED) is 0.374. The highest BCUT2D eigenvalue weighted by molar-refractivity contribution is 5.92. The lowest BCUT2D eigenvalue weighted by molar-refractivity contribution is -0.116. The van der Waals surface area contributed by atoms with E-state index in [0.717, 1.165) is 18.2 Å². The lowest BCUT2D eigenvalue weighted by Crippen LogP contribution is -2.30. The van der Waals surface area contributed by atoms with Crippen LogP contribution in [0.1, 0.15) is 23.6 Å². The van der Waals surface area contributed by atoms with Gasteiger partial charge in [-0.3, -0.25) is 14.2 Å². The average Bonchev–Trinajstić information content (AvgIpc) is 2.89. The predicted molar refractivity (Wildman–Crippen MR) is 140 cm³/mol. The van der Waals surface area contributed by atoms with Crippen LogP contribution < -0.4 is 20.3 Å². The van der Waals surface area contributed by atoms with Gasteiger partial charge in [-0.25, -0.2) is 0 Å². The first-order valence-corrected chi connectivity index (χ1v) is 11.7. The zero-order chi connectivity index (χ0) is 24.8. The van der Waals surface area contributed by atoms with Gasteiger partial charge in [0.05, 0.1) is 19.7 Å². The smallest absolute Gasteiger partial charge is 0.254 e. The molecular formula is C29H30N2O4. The summed E-state index contributed by atoms with van der Waals surface area (Å²) in [4.78, 5) is 26.4. The maximum absolute atomic E-state index is 13.6. The van der Waals surface area contributed by atoms with Gasteiger partial charge in [-0.1, -0.05) is 49.4 Å². The van der Waals surface area contributed by atoms with Gasteiger partial charge >= 0.3 is 0 Å². The first kappa shape index (κ1) is 24.1. The molecule has 4 aromatic rings. The number of methoxy groups -OCH3 is 2. The molecule has 3 aromatic carbocycles. The van der Waals surface area contributed by atoms with Gasteiger partial charge in [0.1, 0.15) is 6.54 Å². The van der Waals surface area contributed by atoms with Gasteiger partial charge in [0.15, 0.2) is 11.5 Å². The van der Waals surface area contributed by atoms with E-state index >= 15 is 0 Å². The Labute approximate surface area is 205 Å². The fourth-order valence-electron chi connectivity index (χ4n) is 4.19. The average molecular weight is 471 g/mol. The molecule has 6 heteroatoms. The third-order valence-corrected chi connectivity index (χ3v) is 6.15. The van der Waals surface area contributed by atoms with Crippen LogP contribution in [0.5, 0.6) is 11.5 Å². The number of nitrogens with zero attached hydrogens (tertiary/aromatic N) is 1. The van der Waals surface area contributed by atoms with Crippen LogP contribution in [0.3, 0.4) is 0 Å². The van der Waals surface area contributed by atoms with Crippen LogP contribution in [-0.4, -0.2) is 24.7 Å². The Bertz CT molecular complexity index is 1380. The Morgan fingerprint density at radius 2 is 1.51 bits per heavy atom. The molecule has 180 valence electrons. The number of aromatic nitrogens is 1. The van der Waals surface area contributed by atoms with Crippen molar-refractivity contribution >= 4 is 22.5 Å². The third kappa shape index (κ3) is 5.54. The van der Waals surface area contributed by atoms with E-state index in [1.54, 1.807) is 20.3 Å². The topological polar surface area (TPSA) is 69.6 Å². The summed E-state index contributed by atoms with van der Waals surface area (Å²) >= 11 is 0. The van der Waals surface area contributed by atoms with E-state index in [2.05, 4.69) is 36.5 Å². The Balaban J connectivity index is 1.71. The number of anilines is 1. The minimum Gasteiger partial charge on any atom is -0.493 e. The van der Waals surface area contributed by atoms with Crippen molar-refractivity contribution in [1.29, 1.82) is 0 Å². The van der Waals surface area contributed by atoms with Crippen molar-refractivity contribution in [3.05, 3.63) is 99.8 Å². The van der Waals surface area contributed by atoms with Crippen molar-refractivity contribution in [2.75, 3.05) is 19.5 Å². The molecule has 6 nitrogen and oxygen atoms in total. The number of para-hydroxylation sites is 1. The van der Waals surface area contributed by atoms with Gasteiger partial charge in [-0.05, 0) is 54.7 Å². The molecular weight excluding hydrogens is 440 g/mol. The number of fused-ring (bicyclic) bond motifs is 1. The second-order valence-electron chi connectivity index (χ2n) is 8.41. The first-order chi connectivity index (χ1) is 17.0. The number of hydrogen-bond donors (Lipinski definition) is 1. The molecule has 0 radical (unpaired) electrons. The maximum Gasteiger partial charge on any atom is 0.254 e. The zero-order valence-corrected chi connectivity index (χ0v) is 20.3. The number of hydrogen-bond acceptors (Lipinski definition) is 4. The van der Waals surface area contributed by atoms with Gasteiger partial charge in [-0.2, -0.15) is 0 Å². The first-order valence-electron chi connectivity index (χ1n) is 11.7. The van der Waals surface area contributed by atoms with E-state index in [1.165, 1.54) is 15.7 Å². The summed E-state index contributed by atoms with van der Waals surface area (Å²) in [5.74, 6) is 0.794. The van der Waals surface area contributed by atoms with E-state index in [-0.39, 0.29) is 18.0 Å². The molecule has 35 heavy (non-hydrogen) atoms. The number of carbonyl (C=O) groups is 1. The van der Waals surface area contributed by atoms with Crippen molar-refractivity contribution < 1.29 is 14.3 Å². The molecule has 4 rings (SSSR count). The second kappa shape index (κ2) is 10.9. The van der Waals surface area contributed by atoms with Crippen LogP contribution in [0.25, 0.3) is 10.9 Å². The summed E-state index contributed by atoms with van der Waals surface area (Å²) in [6.45, 7) is 2.02. The van der Waals surface area contributed by atoms with Crippen LogP contribution in [0.15, 0.2) is 77.6 Å². The fraction of sp³-hybridized carbons (Fsp3) is 0.241. The standard InChI is InChI=1S/C29H30N2O4/c1-4-20-10-12-21(13-11-20)14-15-22-16-23-17-26(34-2)27(35-3)18-25(23)31(29(22)33)19-28(32)30-24-8-6-5-7-9-24/h5-13,16-18H,4,14-15,19H2,1-3H3,(H,30,32). The van der Waals surface area contributed by atoms with E-state index in [0.29, 0.717) is 34.7 Å². The summed E-state index contributed by atoms with van der Waals surface area (Å²) < 4.78 is 12.4. The number of benzene rings is 3. The minimum absolute atomic E-state index is 0.112. The van der Waals surface area contributed by atoms with Gasteiger partial charge in [-0.15, -0.1) is 0 Å². The minimum atomic E-state index is -0.276. The van der Waals surface area contributed by atoms with Crippen LogP contribution in [0.2, 0.25) is 0 Å². The maximum atomic E-state index is 13.6. The molecule has 0 aliphatic rings. The number of pyridine rings is 1. The van der Waals surface area contributed by atoms with Gasteiger partial charge in [0.25, 0.3) is 5.56 Å². The highest BCUT2D eigenvalue weighted by Crippen LogP contribution is 2.32. The van der Waals surface area contributed by atoms with Gasteiger partial charge < -0.3 is 14.8 Å². The third-order valence-electron chi connectivity index (χ3n) is 6.15. The Morgan fingerprint density at radius 1 is 0.857 bits per heavy atom. The lowest BCUT2D eigenvalue weighted by Gasteiger charge is -2.16. The zero-order valence-electron chi connectivity index (χ0n) is 20.3. The highest BCUT2D eigenvalue weighted by atomic mass is 16.5. The molecule has 1 aromatic heterocycles. The monoisotopic (exact) mass is 470 g/mol. The van der Waals surface area contributed by atoms with Crippen LogP contribution in [0.4, 0.5) is 5.69 Å². The Morgan fingerprint density at radius 3 is 2.17 bits per heavy atom. The van der Waals surface area contributed by atoms with Crippen LogP contribution in [-0.2, 0) is 30.6 Å². The summed E-state index contributed by atoms with van der Waals surface area (Å²) in [7, 11) is 3.13. The molecule has 0 saturated heterocycles. The van der Waals surface area contributed by atoms with Gasteiger partial charge in [0.2, 0.25) is 5.91 Å². The van der Waals surface area contributed by atoms with E-state index in [1.807, 2.05) is 42.5 Å². The molecule has 0 aliphatic heterocycles.